The van der Waals surface area contributed by atoms with Gasteiger partial charge in [0.05, 0.1) is 23.1 Å². The summed E-state index contributed by atoms with van der Waals surface area (Å²) in [5.41, 5.74) is 0. The Kier molecular flexibility index (Phi) is 6.36. The van der Waals surface area contributed by atoms with E-state index >= 15 is 0 Å². The molecular formula is C12H20ClNOS. The third kappa shape index (κ3) is 4.83. The fraction of sp³-hybridized carbons (Fsp3) is 0.667. The van der Waals surface area contributed by atoms with Crippen LogP contribution in [0.1, 0.15) is 38.1 Å². The zero-order chi connectivity index (χ0) is 12.0. The second-order valence-corrected chi connectivity index (χ2v) is 5.78. The zero-order valence-corrected chi connectivity index (χ0v) is 11.7. The Balaban J connectivity index is 2.55. The van der Waals surface area contributed by atoms with Crippen LogP contribution in [0.5, 0.6) is 0 Å². The molecule has 92 valence electrons. The Morgan fingerprint density at radius 3 is 2.69 bits per heavy atom. The second-order valence-electron chi connectivity index (χ2n) is 4.03. The molecule has 1 N–H and O–H groups in total. The molecule has 0 spiro atoms. The molecule has 0 aliphatic heterocycles. The molecule has 0 radical (unpaired) electrons. The van der Waals surface area contributed by atoms with Gasteiger partial charge in [-0.1, -0.05) is 18.5 Å². The zero-order valence-electron chi connectivity index (χ0n) is 10.1. The van der Waals surface area contributed by atoms with Gasteiger partial charge < -0.3 is 10.1 Å². The molecule has 4 heteroatoms. The Bertz CT molecular complexity index is 301. The van der Waals surface area contributed by atoms with Gasteiger partial charge in [-0.2, -0.15) is 0 Å². The minimum atomic E-state index is 0.264. The van der Waals surface area contributed by atoms with Crippen molar-refractivity contribution in [2.45, 2.75) is 39.3 Å². The number of thiophene rings is 1. The molecule has 0 saturated carbocycles. The molecule has 0 fully saturated rings. The average molecular weight is 262 g/mol. The Hall–Kier alpha value is -0.0900. The summed E-state index contributed by atoms with van der Waals surface area (Å²) in [6.07, 6.45) is 1.39. The maximum absolute atomic E-state index is 5.95. The van der Waals surface area contributed by atoms with Gasteiger partial charge in [0.1, 0.15) is 0 Å². The highest BCUT2D eigenvalue weighted by molar-refractivity contribution is 7.16. The van der Waals surface area contributed by atoms with Crippen molar-refractivity contribution in [1.29, 1.82) is 0 Å². The van der Waals surface area contributed by atoms with Crippen molar-refractivity contribution in [2.75, 3.05) is 13.2 Å². The monoisotopic (exact) mass is 261 g/mol. The predicted octanol–water partition coefficient (Wildman–Crippen LogP) is 3.87. The third-order valence-electron chi connectivity index (χ3n) is 2.17. The first-order valence-electron chi connectivity index (χ1n) is 5.73. The molecule has 0 aliphatic rings. The Morgan fingerprint density at radius 2 is 2.19 bits per heavy atom. The fourth-order valence-electron chi connectivity index (χ4n) is 1.36. The summed E-state index contributed by atoms with van der Waals surface area (Å²) in [5.74, 6) is 0. The Labute approximate surface area is 107 Å². The minimum absolute atomic E-state index is 0.264. The van der Waals surface area contributed by atoms with E-state index in [9.17, 15) is 0 Å². The predicted molar refractivity (Wildman–Crippen MR) is 71.5 cm³/mol. The van der Waals surface area contributed by atoms with E-state index in [4.69, 9.17) is 16.3 Å². The van der Waals surface area contributed by atoms with Gasteiger partial charge in [-0.25, -0.2) is 0 Å². The molecule has 0 aliphatic carbocycles. The molecule has 1 heterocycles. The van der Waals surface area contributed by atoms with Crippen LogP contribution in [0.15, 0.2) is 12.1 Å². The highest BCUT2D eigenvalue weighted by Crippen LogP contribution is 2.27. The van der Waals surface area contributed by atoms with Crippen LogP contribution in [0.3, 0.4) is 0 Å². The van der Waals surface area contributed by atoms with Gasteiger partial charge in [-0.15, -0.1) is 11.3 Å². The summed E-state index contributed by atoms with van der Waals surface area (Å²) >= 11 is 7.57. The number of hydrogen-bond acceptors (Lipinski definition) is 3. The summed E-state index contributed by atoms with van der Waals surface area (Å²) in [6.45, 7) is 7.97. The van der Waals surface area contributed by atoms with Crippen LogP contribution < -0.4 is 5.32 Å². The van der Waals surface area contributed by atoms with Crippen LogP contribution in [-0.4, -0.2) is 19.3 Å². The average Bonchev–Trinajstić information content (AvgIpc) is 2.64. The van der Waals surface area contributed by atoms with Crippen molar-refractivity contribution in [3.05, 3.63) is 21.3 Å². The van der Waals surface area contributed by atoms with Gasteiger partial charge in [0, 0.05) is 4.88 Å². The van der Waals surface area contributed by atoms with Gasteiger partial charge in [0.25, 0.3) is 0 Å². The van der Waals surface area contributed by atoms with E-state index in [-0.39, 0.29) is 12.1 Å². The Morgan fingerprint density at radius 1 is 1.44 bits per heavy atom. The molecule has 1 aromatic heterocycles. The van der Waals surface area contributed by atoms with Crippen LogP contribution in [-0.2, 0) is 4.74 Å². The lowest BCUT2D eigenvalue weighted by Crippen LogP contribution is -2.26. The number of rotatable bonds is 7. The van der Waals surface area contributed by atoms with Crippen molar-refractivity contribution < 1.29 is 4.74 Å². The number of hydrogen-bond donors (Lipinski definition) is 1. The standard InChI is InChI=1S/C12H20ClNOS/c1-4-7-14-10(8-15-9(2)3)11-5-6-12(13)16-11/h5-6,9-10,14H,4,7-8H2,1-3H3. The molecule has 0 bridgehead atoms. The number of nitrogens with one attached hydrogen (secondary N) is 1. The minimum Gasteiger partial charge on any atom is -0.377 e. The van der Waals surface area contributed by atoms with E-state index in [1.54, 1.807) is 11.3 Å². The van der Waals surface area contributed by atoms with Gasteiger partial charge in [0.2, 0.25) is 0 Å². The molecular weight excluding hydrogens is 242 g/mol. The molecule has 1 rings (SSSR count). The highest BCUT2D eigenvalue weighted by Gasteiger charge is 2.13. The van der Waals surface area contributed by atoms with E-state index < -0.39 is 0 Å². The van der Waals surface area contributed by atoms with Gasteiger partial charge in [0.15, 0.2) is 0 Å². The second kappa shape index (κ2) is 7.28. The SMILES string of the molecule is CCCNC(COC(C)C)c1ccc(Cl)s1. The molecule has 0 saturated heterocycles. The van der Waals surface area contributed by atoms with Crippen molar-refractivity contribution in [1.82, 2.24) is 5.32 Å². The maximum atomic E-state index is 5.95. The van der Waals surface area contributed by atoms with Crippen LogP contribution in [0.25, 0.3) is 0 Å². The van der Waals surface area contributed by atoms with E-state index in [0.29, 0.717) is 6.61 Å². The number of halogens is 1. The molecule has 16 heavy (non-hydrogen) atoms. The maximum Gasteiger partial charge on any atom is 0.0931 e. The van der Waals surface area contributed by atoms with E-state index in [2.05, 4.69) is 32.2 Å². The summed E-state index contributed by atoms with van der Waals surface area (Å²) in [6, 6.07) is 4.28. The van der Waals surface area contributed by atoms with E-state index in [0.717, 1.165) is 17.3 Å². The third-order valence-corrected chi connectivity index (χ3v) is 3.52. The van der Waals surface area contributed by atoms with Crippen LogP contribution >= 0.6 is 22.9 Å². The molecule has 2 nitrogen and oxygen atoms in total. The lowest BCUT2D eigenvalue weighted by molar-refractivity contribution is 0.0618. The van der Waals surface area contributed by atoms with Crippen LogP contribution in [0.2, 0.25) is 4.34 Å². The number of ether oxygens (including phenoxy) is 1. The quantitative estimate of drug-likeness (QED) is 0.805. The first-order valence-corrected chi connectivity index (χ1v) is 6.93. The molecule has 1 unspecified atom stereocenters. The van der Waals surface area contributed by atoms with E-state index in [1.807, 2.05) is 6.07 Å². The molecule has 0 aromatic carbocycles. The van der Waals surface area contributed by atoms with Crippen molar-refractivity contribution in [3.8, 4) is 0 Å². The largest absolute Gasteiger partial charge is 0.377 e. The highest BCUT2D eigenvalue weighted by atomic mass is 35.5. The van der Waals surface area contributed by atoms with Crippen LogP contribution in [0, 0.1) is 0 Å². The van der Waals surface area contributed by atoms with Crippen molar-refractivity contribution in [3.63, 3.8) is 0 Å². The first kappa shape index (κ1) is 14.0. The van der Waals surface area contributed by atoms with Crippen molar-refractivity contribution >= 4 is 22.9 Å². The molecule has 1 atom stereocenters. The first-order chi connectivity index (χ1) is 7.63. The molecule has 1 aromatic rings. The normalized spacial score (nSPS) is 13.3. The van der Waals surface area contributed by atoms with Gasteiger partial charge in [-0.3, -0.25) is 0 Å². The van der Waals surface area contributed by atoms with E-state index in [1.165, 1.54) is 4.88 Å². The molecule has 0 amide bonds. The fourth-order valence-corrected chi connectivity index (χ4v) is 2.49. The van der Waals surface area contributed by atoms with Crippen LogP contribution in [0.4, 0.5) is 0 Å². The lowest BCUT2D eigenvalue weighted by atomic mass is 10.2. The summed E-state index contributed by atoms with van der Waals surface area (Å²) in [4.78, 5) is 1.25. The summed E-state index contributed by atoms with van der Waals surface area (Å²) < 4.78 is 6.50. The summed E-state index contributed by atoms with van der Waals surface area (Å²) in [5, 5.41) is 3.48. The van der Waals surface area contributed by atoms with Crippen molar-refractivity contribution in [2.24, 2.45) is 0 Å². The lowest BCUT2D eigenvalue weighted by Gasteiger charge is -2.18. The van der Waals surface area contributed by atoms with Gasteiger partial charge >= 0.3 is 0 Å². The summed E-state index contributed by atoms with van der Waals surface area (Å²) in [7, 11) is 0. The topological polar surface area (TPSA) is 21.3 Å². The smallest absolute Gasteiger partial charge is 0.0931 e. The van der Waals surface area contributed by atoms with Gasteiger partial charge in [-0.05, 0) is 38.9 Å².